The van der Waals surface area contributed by atoms with Crippen LogP contribution in [-0.2, 0) is 9.59 Å². The number of hydrogen-bond acceptors (Lipinski definition) is 2. The van der Waals surface area contributed by atoms with Gasteiger partial charge < -0.3 is 10.0 Å². The summed E-state index contributed by atoms with van der Waals surface area (Å²) in [6.07, 6.45) is 4.01. The molecule has 0 aromatic carbocycles. The van der Waals surface area contributed by atoms with Crippen molar-refractivity contribution in [2.45, 2.75) is 52.0 Å². The van der Waals surface area contributed by atoms with Crippen LogP contribution in [0.15, 0.2) is 0 Å². The number of carbonyl (C=O) groups is 2. The normalized spacial score (nSPS) is 21.2. The van der Waals surface area contributed by atoms with Gasteiger partial charge in [-0.3, -0.25) is 4.79 Å². The van der Waals surface area contributed by atoms with Crippen LogP contribution in [0.5, 0.6) is 0 Å². The lowest BCUT2D eigenvalue weighted by molar-refractivity contribution is -0.154. The smallest absolute Gasteiger partial charge is 0.326 e. The van der Waals surface area contributed by atoms with E-state index < -0.39 is 12.0 Å². The number of aliphatic carboxylic acids is 1. The first-order chi connectivity index (χ1) is 7.61. The first-order valence-corrected chi connectivity index (χ1v) is 6.15. The highest BCUT2D eigenvalue weighted by Crippen LogP contribution is 2.21. The van der Waals surface area contributed by atoms with Gasteiger partial charge in [0.25, 0.3) is 0 Å². The minimum Gasteiger partial charge on any atom is -0.480 e. The summed E-state index contributed by atoms with van der Waals surface area (Å²) < 4.78 is 0. The second-order valence-corrected chi connectivity index (χ2v) is 4.39. The molecule has 0 aliphatic carbocycles. The van der Waals surface area contributed by atoms with Crippen LogP contribution in [0, 0.1) is 5.92 Å². The van der Waals surface area contributed by atoms with Crippen LogP contribution >= 0.6 is 0 Å². The number of carboxylic acid groups (broad SMARTS) is 1. The Morgan fingerprint density at radius 3 is 2.44 bits per heavy atom. The minimum absolute atomic E-state index is 0.0139. The van der Waals surface area contributed by atoms with Gasteiger partial charge in [0.1, 0.15) is 6.04 Å². The second kappa shape index (κ2) is 5.87. The third-order valence-corrected chi connectivity index (χ3v) is 3.41. The maximum Gasteiger partial charge on any atom is 0.326 e. The molecule has 1 saturated heterocycles. The van der Waals surface area contributed by atoms with E-state index in [2.05, 4.69) is 0 Å². The number of amides is 1. The number of hydrogen-bond donors (Lipinski definition) is 1. The maximum absolute atomic E-state index is 12.1. The van der Waals surface area contributed by atoms with Gasteiger partial charge in [-0.15, -0.1) is 0 Å². The average Bonchev–Trinajstić information content (AvgIpc) is 2.30. The van der Waals surface area contributed by atoms with E-state index in [0.717, 1.165) is 25.7 Å². The Hall–Kier alpha value is -1.06. The van der Waals surface area contributed by atoms with Gasteiger partial charge in [-0.1, -0.05) is 13.8 Å². The molecule has 0 aromatic rings. The van der Waals surface area contributed by atoms with Crippen LogP contribution in [0.3, 0.4) is 0 Å². The molecule has 16 heavy (non-hydrogen) atoms. The molecular formula is C12H21NO3. The largest absolute Gasteiger partial charge is 0.480 e. The zero-order valence-corrected chi connectivity index (χ0v) is 10.1. The quantitative estimate of drug-likeness (QED) is 0.797. The molecule has 1 heterocycles. The lowest BCUT2D eigenvalue weighted by atomic mass is 9.96. The average molecular weight is 227 g/mol. The topological polar surface area (TPSA) is 57.6 Å². The maximum atomic E-state index is 12.1. The van der Waals surface area contributed by atoms with Crippen LogP contribution in [0.25, 0.3) is 0 Å². The van der Waals surface area contributed by atoms with Crippen LogP contribution in [-0.4, -0.2) is 34.5 Å². The monoisotopic (exact) mass is 227 g/mol. The molecule has 4 nitrogen and oxygen atoms in total. The zero-order chi connectivity index (χ0) is 12.1. The number of likely N-dealkylation sites (tertiary alicyclic amines) is 1. The van der Waals surface area contributed by atoms with Gasteiger partial charge >= 0.3 is 5.97 Å². The van der Waals surface area contributed by atoms with Crippen molar-refractivity contribution in [1.82, 2.24) is 4.90 Å². The molecular weight excluding hydrogens is 206 g/mol. The molecule has 0 saturated carbocycles. The highest BCUT2D eigenvalue weighted by molar-refractivity contribution is 5.85. The van der Waals surface area contributed by atoms with Crippen molar-refractivity contribution in [1.29, 1.82) is 0 Å². The van der Waals surface area contributed by atoms with E-state index >= 15 is 0 Å². The molecule has 92 valence electrons. The first kappa shape index (κ1) is 13.0. The van der Waals surface area contributed by atoms with Gasteiger partial charge in [-0.05, 0) is 32.1 Å². The Labute approximate surface area is 96.6 Å². The predicted molar refractivity (Wildman–Crippen MR) is 61.1 cm³/mol. The molecule has 1 aliphatic rings. The summed E-state index contributed by atoms with van der Waals surface area (Å²) in [6, 6.07) is -0.596. The van der Waals surface area contributed by atoms with E-state index in [1.807, 2.05) is 13.8 Å². The van der Waals surface area contributed by atoms with E-state index in [9.17, 15) is 9.59 Å². The molecule has 1 amide bonds. The number of carbonyl (C=O) groups excluding carboxylic acids is 1. The Bertz CT molecular complexity index is 261. The highest BCUT2D eigenvalue weighted by atomic mass is 16.4. The SMILES string of the molecule is CCC(CC)C(=O)N1CCCC[C@H]1C(=O)O. The Balaban J connectivity index is 2.74. The number of piperidine rings is 1. The molecule has 4 heteroatoms. The van der Waals surface area contributed by atoms with Crippen LogP contribution in [0.1, 0.15) is 46.0 Å². The fourth-order valence-corrected chi connectivity index (χ4v) is 2.32. The molecule has 1 rings (SSSR count). The standard InChI is InChI=1S/C12H21NO3/c1-3-9(4-2)11(14)13-8-6-5-7-10(13)12(15)16/h9-10H,3-8H2,1-2H3,(H,15,16)/t10-/m0/s1. The van der Waals surface area contributed by atoms with Crippen molar-refractivity contribution in [3.8, 4) is 0 Å². The summed E-state index contributed by atoms with van der Waals surface area (Å²) in [5.41, 5.74) is 0. The van der Waals surface area contributed by atoms with Crippen molar-refractivity contribution in [2.24, 2.45) is 5.92 Å². The summed E-state index contributed by atoms with van der Waals surface area (Å²) in [6.45, 7) is 4.56. The number of rotatable bonds is 4. The molecule has 0 spiro atoms. The predicted octanol–water partition coefficient (Wildman–Crippen LogP) is 1.89. The highest BCUT2D eigenvalue weighted by Gasteiger charge is 2.34. The van der Waals surface area contributed by atoms with Crippen LogP contribution < -0.4 is 0 Å². The molecule has 1 N–H and O–H groups in total. The molecule has 0 unspecified atom stereocenters. The van der Waals surface area contributed by atoms with Crippen molar-refractivity contribution in [3.05, 3.63) is 0 Å². The molecule has 1 fully saturated rings. The Morgan fingerprint density at radius 1 is 1.31 bits per heavy atom. The Morgan fingerprint density at radius 2 is 1.94 bits per heavy atom. The lowest BCUT2D eigenvalue weighted by Crippen LogP contribution is -2.50. The van der Waals surface area contributed by atoms with E-state index in [0.29, 0.717) is 13.0 Å². The fourth-order valence-electron chi connectivity index (χ4n) is 2.32. The molecule has 0 aromatic heterocycles. The summed E-state index contributed by atoms with van der Waals surface area (Å²) in [7, 11) is 0. The van der Waals surface area contributed by atoms with Gasteiger partial charge in [0.15, 0.2) is 0 Å². The summed E-state index contributed by atoms with van der Waals surface area (Å²) in [5.74, 6) is -0.851. The van der Waals surface area contributed by atoms with Crippen LogP contribution in [0.2, 0.25) is 0 Å². The summed E-state index contributed by atoms with van der Waals surface area (Å²) in [4.78, 5) is 24.8. The van der Waals surface area contributed by atoms with Crippen LogP contribution in [0.4, 0.5) is 0 Å². The number of carboxylic acids is 1. The molecule has 1 atom stereocenters. The van der Waals surface area contributed by atoms with Gasteiger partial charge in [0.2, 0.25) is 5.91 Å². The molecule has 0 radical (unpaired) electrons. The Kier molecular flexibility index (Phi) is 4.77. The molecule has 0 bridgehead atoms. The first-order valence-electron chi connectivity index (χ1n) is 6.15. The van der Waals surface area contributed by atoms with Gasteiger partial charge in [0, 0.05) is 12.5 Å². The van der Waals surface area contributed by atoms with Crippen molar-refractivity contribution < 1.29 is 14.7 Å². The fraction of sp³-hybridized carbons (Fsp3) is 0.833. The molecule has 1 aliphatic heterocycles. The number of nitrogens with zero attached hydrogens (tertiary/aromatic N) is 1. The van der Waals surface area contributed by atoms with E-state index in [1.165, 1.54) is 0 Å². The van der Waals surface area contributed by atoms with Crippen molar-refractivity contribution >= 4 is 11.9 Å². The second-order valence-electron chi connectivity index (χ2n) is 4.39. The van der Waals surface area contributed by atoms with Gasteiger partial charge in [-0.2, -0.15) is 0 Å². The lowest BCUT2D eigenvalue weighted by Gasteiger charge is -2.35. The van der Waals surface area contributed by atoms with Gasteiger partial charge in [-0.25, -0.2) is 4.79 Å². The van der Waals surface area contributed by atoms with E-state index in [4.69, 9.17) is 5.11 Å². The third kappa shape index (κ3) is 2.74. The minimum atomic E-state index is -0.862. The zero-order valence-electron chi connectivity index (χ0n) is 10.1. The van der Waals surface area contributed by atoms with Crippen molar-refractivity contribution in [2.75, 3.05) is 6.54 Å². The van der Waals surface area contributed by atoms with E-state index in [1.54, 1.807) is 4.90 Å². The van der Waals surface area contributed by atoms with E-state index in [-0.39, 0.29) is 11.8 Å². The van der Waals surface area contributed by atoms with Crippen molar-refractivity contribution in [3.63, 3.8) is 0 Å². The summed E-state index contributed by atoms with van der Waals surface area (Å²) >= 11 is 0. The summed E-state index contributed by atoms with van der Waals surface area (Å²) in [5, 5.41) is 9.09. The van der Waals surface area contributed by atoms with Gasteiger partial charge in [0.05, 0.1) is 0 Å². The third-order valence-electron chi connectivity index (χ3n) is 3.41.